The summed E-state index contributed by atoms with van der Waals surface area (Å²) >= 11 is 6.65. The molecule has 226 valence electrons. The molecule has 0 radical (unpaired) electrons. The number of rotatable bonds is 6. The van der Waals surface area contributed by atoms with Crippen LogP contribution < -0.4 is 5.32 Å². The molecule has 3 aliphatic rings. The van der Waals surface area contributed by atoms with E-state index in [1.165, 1.54) is 0 Å². The standard InChI is InChI=1S/C32H37ClN6O4/c1-20(2)42-31(41)39-14-12-38(13-15-39)29-23-8-7-22(33)17-24(23)25(16-21-6-5-11-35-27(21)29)28(26-18-34-19-37(26)4)36-30(40)43-32(3)9-10-32/h5-8,11,16-20,28-29H,9-10,12-15H2,1-4H3,(H,36,40). The molecule has 2 aromatic heterocycles. The molecule has 0 spiro atoms. The van der Waals surface area contributed by atoms with Gasteiger partial charge in [-0.1, -0.05) is 23.7 Å². The Morgan fingerprint density at radius 2 is 1.91 bits per heavy atom. The van der Waals surface area contributed by atoms with Crippen LogP contribution in [0.25, 0.3) is 11.6 Å². The molecule has 1 saturated heterocycles. The van der Waals surface area contributed by atoms with E-state index in [2.05, 4.69) is 21.3 Å². The second-order valence-corrected chi connectivity index (χ2v) is 12.4. The van der Waals surface area contributed by atoms with E-state index in [9.17, 15) is 9.59 Å². The van der Waals surface area contributed by atoms with Crippen molar-refractivity contribution in [2.75, 3.05) is 26.2 Å². The van der Waals surface area contributed by atoms with E-state index in [1.54, 1.807) is 23.6 Å². The average molecular weight is 605 g/mol. The number of ether oxygens (including phenoxy) is 2. The van der Waals surface area contributed by atoms with Crippen molar-refractivity contribution in [3.05, 3.63) is 82.2 Å². The van der Waals surface area contributed by atoms with Gasteiger partial charge in [0, 0.05) is 44.4 Å². The number of carbonyl (C=O) groups excluding carboxylic acids is 2. The maximum atomic E-state index is 13.3. The first-order chi connectivity index (χ1) is 20.6. The van der Waals surface area contributed by atoms with E-state index < -0.39 is 17.7 Å². The number of hydrogen-bond donors (Lipinski definition) is 1. The van der Waals surface area contributed by atoms with Crippen LogP contribution in [0.5, 0.6) is 0 Å². The highest BCUT2D eigenvalue weighted by Gasteiger charge is 2.43. The van der Waals surface area contributed by atoms with Crippen molar-refractivity contribution < 1.29 is 19.1 Å². The van der Waals surface area contributed by atoms with Crippen LogP contribution in [0.15, 0.2) is 49.1 Å². The molecule has 0 bridgehead atoms. The van der Waals surface area contributed by atoms with Crippen molar-refractivity contribution in [2.45, 2.75) is 57.4 Å². The van der Waals surface area contributed by atoms with Gasteiger partial charge >= 0.3 is 12.2 Å². The fourth-order valence-electron chi connectivity index (χ4n) is 5.84. The molecule has 2 unspecified atom stereocenters. The van der Waals surface area contributed by atoms with Crippen molar-refractivity contribution in [3.8, 4) is 0 Å². The summed E-state index contributed by atoms with van der Waals surface area (Å²) in [5.41, 5.74) is 4.99. The van der Waals surface area contributed by atoms with Crippen LogP contribution in [0.1, 0.15) is 73.8 Å². The summed E-state index contributed by atoms with van der Waals surface area (Å²) in [5.74, 6) is 0. The number of aryl methyl sites for hydroxylation is 1. The highest BCUT2D eigenvalue weighted by molar-refractivity contribution is 6.30. The molecular formula is C32H37ClN6O4. The van der Waals surface area contributed by atoms with E-state index in [0.717, 1.165) is 46.5 Å². The minimum absolute atomic E-state index is 0.171. The lowest BCUT2D eigenvalue weighted by atomic mass is 9.90. The molecule has 1 aliphatic heterocycles. The van der Waals surface area contributed by atoms with Crippen molar-refractivity contribution in [1.82, 2.24) is 29.7 Å². The fourth-order valence-corrected chi connectivity index (χ4v) is 6.02. The summed E-state index contributed by atoms with van der Waals surface area (Å²) in [6.07, 6.45) is 8.13. The second-order valence-electron chi connectivity index (χ2n) is 12.0. The summed E-state index contributed by atoms with van der Waals surface area (Å²) in [4.78, 5) is 39.2. The maximum Gasteiger partial charge on any atom is 0.410 e. The van der Waals surface area contributed by atoms with Crippen LogP contribution in [-0.2, 0) is 16.5 Å². The highest BCUT2D eigenvalue weighted by Crippen LogP contribution is 2.45. The lowest BCUT2D eigenvalue weighted by Gasteiger charge is -2.39. The number of aromatic nitrogens is 3. The third-order valence-corrected chi connectivity index (χ3v) is 8.59. The number of imidazole rings is 1. The fraction of sp³-hybridized carbons (Fsp3) is 0.438. The van der Waals surface area contributed by atoms with Gasteiger partial charge in [0.1, 0.15) is 5.60 Å². The Balaban J connectivity index is 1.41. The van der Waals surface area contributed by atoms with E-state index in [-0.39, 0.29) is 18.2 Å². The average Bonchev–Trinajstić information content (AvgIpc) is 3.58. The molecule has 3 aromatic rings. The van der Waals surface area contributed by atoms with Gasteiger partial charge in [-0.15, -0.1) is 0 Å². The van der Waals surface area contributed by atoms with Gasteiger partial charge in [-0.25, -0.2) is 14.6 Å². The minimum atomic E-state index is -0.575. The summed E-state index contributed by atoms with van der Waals surface area (Å²) < 4.78 is 13.1. The third-order valence-electron chi connectivity index (χ3n) is 8.35. The Kier molecular flexibility index (Phi) is 7.91. The van der Waals surface area contributed by atoms with Crippen molar-refractivity contribution in [1.29, 1.82) is 0 Å². The summed E-state index contributed by atoms with van der Waals surface area (Å²) in [6, 6.07) is 9.08. The van der Waals surface area contributed by atoms with Crippen LogP contribution in [0.2, 0.25) is 5.02 Å². The number of piperazine rings is 1. The quantitative estimate of drug-likeness (QED) is 0.391. The highest BCUT2D eigenvalue weighted by atomic mass is 35.5. The molecule has 2 amide bonds. The number of hydrogen-bond acceptors (Lipinski definition) is 7. The van der Waals surface area contributed by atoms with Crippen LogP contribution in [0.4, 0.5) is 9.59 Å². The Morgan fingerprint density at radius 1 is 1.14 bits per heavy atom. The first-order valence-electron chi connectivity index (χ1n) is 14.7. The van der Waals surface area contributed by atoms with Gasteiger partial charge in [0.15, 0.2) is 0 Å². The molecule has 1 saturated carbocycles. The zero-order chi connectivity index (χ0) is 30.3. The third kappa shape index (κ3) is 6.12. The number of fused-ring (bicyclic) bond motifs is 2. The van der Waals surface area contributed by atoms with Crippen molar-refractivity contribution in [2.24, 2.45) is 7.05 Å². The first kappa shape index (κ1) is 29.2. The summed E-state index contributed by atoms with van der Waals surface area (Å²) in [7, 11) is 1.91. The lowest BCUT2D eigenvalue weighted by Crippen LogP contribution is -2.50. The van der Waals surface area contributed by atoms with Crippen molar-refractivity contribution in [3.63, 3.8) is 0 Å². The largest absolute Gasteiger partial charge is 0.447 e. The van der Waals surface area contributed by atoms with E-state index in [4.69, 9.17) is 26.1 Å². The zero-order valence-corrected chi connectivity index (χ0v) is 25.7. The molecule has 43 heavy (non-hydrogen) atoms. The Morgan fingerprint density at radius 3 is 2.58 bits per heavy atom. The molecule has 11 heteroatoms. The molecule has 2 aliphatic carbocycles. The molecule has 3 heterocycles. The van der Waals surface area contributed by atoms with Gasteiger partial charge in [0.25, 0.3) is 0 Å². The lowest BCUT2D eigenvalue weighted by molar-refractivity contribution is 0.0513. The predicted octanol–water partition coefficient (Wildman–Crippen LogP) is 5.59. The number of alkyl carbamates (subject to hydrolysis) is 1. The number of amides is 2. The molecular weight excluding hydrogens is 568 g/mol. The smallest absolute Gasteiger partial charge is 0.410 e. The maximum absolute atomic E-state index is 13.3. The summed E-state index contributed by atoms with van der Waals surface area (Å²) in [6.45, 7) is 8.01. The van der Waals surface area contributed by atoms with Gasteiger partial charge in [-0.2, -0.15) is 0 Å². The zero-order valence-electron chi connectivity index (χ0n) is 24.9. The first-order valence-corrected chi connectivity index (χ1v) is 15.1. The van der Waals surface area contributed by atoms with Crippen LogP contribution in [0.3, 0.4) is 0 Å². The number of nitrogens with one attached hydrogen (secondary N) is 1. The molecule has 1 aromatic carbocycles. The van der Waals surface area contributed by atoms with Gasteiger partial charge in [0.2, 0.25) is 0 Å². The number of nitrogens with zero attached hydrogens (tertiary/aromatic N) is 5. The molecule has 1 N–H and O–H groups in total. The molecule has 10 nitrogen and oxygen atoms in total. The SMILES string of the molecule is CC(C)OC(=O)N1CCN(C2c3ccc(Cl)cc3C(C(NC(=O)OC3(C)CC3)c3cncn3C)=Cc3cccnc32)CC1. The molecule has 2 fully saturated rings. The van der Waals surface area contributed by atoms with Gasteiger partial charge in [-0.05, 0) is 80.2 Å². The number of halogens is 1. The van der Waals surface area contributed by atoms with Gasteiger partial charge < -0.3 is 24.3 Å². The number of benzene rings is 1. The minimum Gasteiger partial charge on any atom is -0.447 e. The number of pyridine rings is 1. The van der Waals surface area contributed by atoms with Crippen LogP contribution in [0, 0.1) is 0 Å². The molecule has 6 rings (SSSR count). The van der Waals surface area contributed by atoms with Crippen LogP contribution >= 0.6 is 11.6 Å². The van der Waals surface area contributed by atoms with Crippen LogP contribution in [-0.4, -0.2) is 74.4 Å². The molecule has 2 atom stereocenters. The Bertz CT molecular complexity index is 1560. The summed E-state index contributed by atoms with van der Waals surface area (Å²) in [5, 5.41) is 3.73. The van der Waals surface area contributed by atoms with E-state index in [1.807, 2.05) is 62.7 Å². The Hall–Kier alpha value is -3.89. The van der Waals surface area contributed by atoms with Gasteiger partial charge in [0.05, 0.1) is 42.1 Å². The Labute approximate surface area is 256 Å². The second kappa shape index (κ2) is 11.7. The van der Waals surface area contributed by atoms with Crippen molar-refractivity contribution >= 4 is 35.4 Å². The van der Waals surface area contributed by atoms with Gasteiger partial charge in [-0.3, -0.25) is 9.88 Å². The monoisotopic (exact) mass is 604 g/mol. The topological polar surface area (TPSA) is 102 Å². The van der Waals surface area contributed by atoms with E-state index >= 15 is 0 Å². The number of carbonyl (C=O) groups is 2. The predicted molar refractivity (Wildman–Crippen MR) is 163 cm³/mol. The van der Waals surface area contributed by atoms with E-state index in [0.29, 0.717) is 31.2 Å². The normalized spacial score (nSPS) is 19.9.